The summed E-state index contributed by atoms with van der Waals surface area (Å²) in [7, 11) is 0. The van der Waals surface area contributed by atoms with Gasteiger partial charge in [0, 0.05) is 48.4 Å². The SMILES string of the molecule is O.O.[Cu+2].[Cu+2].[O-]C(=Nc1cccc(N=C([O-])c2ccccn2)c1)c1ccccn1.[O-]C(=Nc1cccc(N=C([O-])c2ccccn2)c1)c1ccccn1. The average Bonchev–Trinajstić information content (AvgIpc) is 3.13. The van der Waals surface area contributed by atoms with Crippen LogP contribution in [0.4, 0.5) is 22.7 Å². The Bertz CT molecular complexity index is 1780. The second kappa shape index (κ2) is 22.6. The maximum Gasteiger partial charge on any atom is 2.00 e. The molecule has 0 spiro atoms. The Kier molecular flexibility index (Phi) is 19.1. The molecule has 4 N–H and O–H groups in total. The summed E-state index contributed by atoms with van der Waals surface area (Å²) in [6, 6.07) is 33.2. The van der Waals surface area contributed by atoms with E-state index in [2.05, 4.69) is 39.9 Å². The first kappa shape index (κ1) is 43.9. The molecule has 0 saturated carbocycles. The van der Waals surface area contributed by atoms with E-state index in [4.69, 9.17) is 0 Å². The minimum Gasteiger partial charge on any atom is -0.857 e. The van der Waals surface area contributed by atoms with Gasteiger partial charge in [0.05, 0.1) is 45.5 Å². The summed E-state index contributed by atoms with van der Waals surface area (Å²) < 4.78 is 0. The van der Waals surface area contributed by atoms with E-state index in [1.807, 2.05) is 0 Å². The maximum atomic E-state index is 12.0. The van der Waals surface area contributed by atoms with Gasteiger partial charge < -0.3 is 31.4 Å². The molecule has 270 valence electrons. The summed E-state index contributed by atoms with van der Waals surface area (Å²) in [5.41, 5.74) is 2.63. The largest absolute Gasteiger partial charge is 2.00 e. The van der Waals surface area contributed by atoms with Crippen molar-refractivity contribution >= 4 is 46.3 Å². The first-order valence-electron chi connectivity index (χ1n) is 14.3. The van der Waals surface area contributed by atoms with Crippen molar-refractivity contribution in [2.75, 3.05) is 0 Å². The standard InChI is InChI=1S/2C18H14N4O2.2Cu.2H2O/c2*23-17(15-8-1-3-10-19-15)21-13-6-5-7-14(12-13)22-18(24)16-9-2-4-11-20-16;;;;/h2*1-12H,(H,21,23)(H,22,24);;;2*1H2/q;;2*+2;;/p-4. The van der Waals surface area contributed by atoms with Gasteiger partial charge in [-0.3, -0.25) is 39.9 Å². The van der Waals surface area contributed by atoms with Gasteiger partial charge in [0.2, 0.25) is 0 Å². The number of nitrogens with zero attached hydrogens (tertiary/aromatic N) is 8. The molecule has 14 nitrogen and oxygen atoms in total. The van der Waals surface area contributed by atoms with Gasteiger partial charge >= 0.3 is 34.1 Å². The van der Waals surface area contributed by atoms with Crippen LogP contribution in [0.25, 0.3) is 0 Å². The summed E-state index contributed by atoms with van der Waals surface area (Å²) in [6.07, 6.45) is 6.11. The molecule has 2 aromatic carbocycles. The van der Waals surface area contributed by atoms with Crippen molar-refractivity contribution in [2.24, 2.45) is 20.0 Å². The van der Waals surface area contributed by atoms with E-state index in [1.165, 1.54) is 24.8 Å². The quantitative estimate of drug-likeness (QED) is 0.122. The fourth-order valence-corrected chi connectivity index (χ4v) is 3.92. The van der Waals surface area contributed by atoms with Crippen LogP contribution in [-0.4, -0.2) is 54.5 Å². The summed E-state index contributed by atoms with van der Waals surface area (Å²) in [4.78, 5) is 31.8. The molecule has 0 atom stereocenters. The number of pyridine rings is 4. The number of hydrogen-bond acceptors (Lipinski definition) is 12. The third-order valence-corrected chi connectivity index (χ3v) is 6.12. The van der Waals surface area contributed by atoms with E-state index in [0.29, 0.717) is 22.7 Å². The van der Waals surface area contributed by atoms with Gasteiger partial charge in [-0.1, -0.05) is 36.4 Å². The van der Waals surface area contributed by atoms with Crippen LogP contribution in [0.3, 0.4) is 0 Å². The molecule has 0 saturated heterocycles. The Labute approximate surface area is 319 Å². The topological polar surface area (TPSA) is 256 Å². The molecule has 52 heavy (non-hydrogen) atoms. The van der Waals surface area contributed by atoms with E-state index in [-0.39, 0.29) is 67.9 Å². The van der Waals surface area contributed by atoms with Gasteiger partial charge in [0.1, 0.15) is 0 Å². The molecule has 0 bridgehead atoms. The smallest absolute Gasteiger partial charge is 0.857 e. The van der Waals surface area contributed by atoms with Crippen LogP contribution in [0.1, 0.15) is 22.8 Å². The van der Waals surface area contributed by atoms with Gasteiger partial charge in [-0.2, -0.15) is 0 Å². The Morgan fingerprint density at radius 3 is 0.769 bits per heavy atom. The minimum absolute atomic E-state index is 0. The summed E-state index contributed by atoms with van der Waals surface area (Å²) in [6.45, 7) is 0. The van der Waals surface area contributed by atoms with Gasteiger partial charge in [0.15, 0.2) is 0 Å². The van der Waals surface area contributed by atoms with Crippen LogP contribution in [0, 0.1) is 0 Å². The normalized spacial score (nSPS) is 11.2. The van der Waals surface area contributed by atoms with Crippen molar-refractivity contribution in [2.45, 2.75) is 0 Å². The Morgan fingerprint density at radius 2 is 0.577 bits per heavy atom. The molecule has 4 aromatic heterocycles. The number of aromatic nitrogens is 4. The molecule has 0 aliphatic heterocycles. The third kappa shape index (κ3) is 13.3. The number of hydrogen-bond donors (Lipinski definition) is 0. The molecule has 0 aliphatic carbocycles. The monoisotopic (exact) mass is 794 g/mol. The molecule has 6 rings (SSSR count). The van der Waals surface area contributed by atoms with E-state index in [9.17, 15) is 20.4 Å². The van der Waals surface area contributed by atoms with Crippen molar-refractivity contribution in [3.63, 3.8) is 0 Å². The van der Waals surface area contributed by atoms with Crippen LogP contribution in [-0.2, 0) is 34.1 Å². The second-order valence-corrected chi connectivity index (χ2v) is 9.57. The minimum atomic E-state index is -0.455. The zero-order valence-corrected chi connectivity index (χ0v) is 28.6. The summed E-state index contributed by atoms with van der Waals surface area (Å²) >= 11 is 0. The van der Waals surface area contributed by atoms with Gasteiger partial charge in [-0.05, 0) is 84.9 Å². The Hall–Kier alpha value is -6.12. The molecule has 2 radical (unpaired) electrons. The van der Waals surface area contributed by atoms with Crippen molar-refractivity contribution in [1.29, 1.82) is 0 Å². The molecular weight excluding hydrogens is 768 g/mol. The van der Waals surface area contributed by atoms with Crippen molar-refractivity contribution in [1.82, 2.24) is 19.9 Å². The number of rotatable bonds is 8. The predicted molar refractivity (Wildman–Crippen MR) is 182 cm³/mol. The van der Waals surface area contributed by atoms with Crippen LogP contribution < -0.4 is 20.4 Å². The van der Waals surface area contributed by atoms with E-state index >= 15 is 0 Å². The van der Waals surface area contributed by atoms with Gasteiger partial charge in [0.25, 0.3) is 0 Å². The Balaban J connectivity index is 0.000000483. The second-order valence-electron chi connectivity index (χ2n) is 9.57. The molecule has 4 heterocycles. The van der Waals surface area contributed by atoms with Gasteiger partial charge in [-0.15, -0.1) is 0 Å². The first-order valence-corrected chi connectivity index (χ1v) is 14.3. The number of aliphatic imine (C=N–C) groups is 4. The molecular formula is C36H28Cu2N8O6. The van der Waals surface area contributed by atoms with E-state index < -0.39 is 23.6 Å². The molecule has 6 aromatic rings. The van der Waals surface area contributed by atoms with E-state index in [0.717, 1.165) is 0 Å². The predicted octanol–water partition coefficient (Wildman–Crippen LogP) is 1.05. The van der Waals surface area contributed by atoms with Crippen LogP contribution in [0.15, 0.2) is 166 Å². The van der Waals surface area contributed by atoms with Crippen molar-refractivity contribution in [3.8, 4) is 0 Å². The first-order chi connectivity index (χ1) is 23.4. The molecule has 0 amide bonds. The molecule has 0 fully saturated rings. The average molecular weight is 796 g/mol. The third-order valence-electron chi connectivity index (χ3n) is 6.12. The van der Waals surface area contributed by atoms with Crippen molar-refractivity contribution < 1.29 is 65.5 Å². The zero-order valence-electron chi connectivity index (χ0n) is 26.7. The van der Waals surface area contributed by atoms with Crippen molar-refractivity contribution in [3.05, 3.63) is 169 Å². The number of benzene rings is 2. The van der Waals surface area contributed by atoms with Crippen LogP contribution in [0.5, 0.6) is 0 Å². The van der Waals surface area contributed by atoms with Crippen LogP contribution in [0.2, 0.25) is 0 Å². The summed E-state index contributed by atoms with van der Waals surface area (Å²) in [5, 5.41) is 48.1. The Morgan fingerprint density at radius 1 is 0.346 bits per heavy atom. The molecule has 0 unspecified atom stereocenters. The maximum absolute atomic E-state index is 12.0. The zero-order chi connectivity index (χ0) is 33.6. The molecule has 16 heteroatoms. The van der Waals surface area contributed by atoms with Crippen LogP contribution >= 0.6 is 0 Å². The fraction of sp³-hybridized carbons (Fsp3) is 0. The fourth-order valence-electron chi connectivity index (χ4n) is 3.92. The van der Waals surface area contributed by atoms with Gasteiger partial charge in [-0.25, -0.2) is 0 Å². The molecule has 0 aliphatic rings. The van der Waals surface area contributed by atoms with E-state index in [1.54, 1.807) is 121 Å². The summed E-state index contributed by atoms with van der Waals surface area (Å²) in [5.74, 6) is -1.82.